The van der Waals surface area contributed by atoms with Crippen molar-refractivity contribution in [1.82, 2.24) is 10.2 Å². The summed E-state index contributed by atoms with van der Waals surface area (Å²) in [7, 11) is 2.86. The molecule has 0 atom stereocenters. The molecule has 5 nitrogen and oxygen atoms in total. The number of benzene rings is 1. The number of rotatable bonds is 2. The highest BCUT2D eigenvalue weighted by Gasteiger charge is 2.18. The molecule has 0 unspecified atom stereocenters. The number of aromatic nitrogens is 2. The number of carbonyl (C=O) groups excluding carboxylic acids is 1. The second kappa shape index (κ2) is 4.28. The Hall–Kier alpha value is -1.31. The van der Waals surface area contributed by atoms with Crippen molar-refractivity contribution in [3.8, 4) is 5.75 Å². The molecule has 0 saturated heterocycles. The Labute approximate surface area is 105 Å². The van der Waals surface area contributed by atoms with Crippen molar-refractivity contribution in [3.63, 3.8) is 0 Å². The predicted molar refractivity (Wildman–Crippen MR) is 66.7 cm³/mol. The number of ether oxygens (including phenoxy) is 2. The van der Waals surface area contributed by atoms with E-state index in [0.717, 1.165) is 14.6 Å². The third kappa shape index (κ3) is 1.62. The average molecular weight is 332 g/mol. The molecule has 1 aromatic carbocycles. The van der Waals surface area contributed by atoms with Crippen molar-refractivity contribution >= 4 is 39.5 Å². The number of halogens is 1. The third-order valence-electron chi connectivity index (χ3n) is 2.25. The van der Waals surface area contributed by atoms with Gasteiger partial charge in [0.15, 0.2) is 0 Å². The topological polar surface area (TPSA) is 64.2 Å². The van der Waals surface area contributed by atoms with Gasteiger partial charge in [0, 0.05) is 0 Å². The van der Waals surface area contributed by atoms with E-state index in [1.54, 1.807) is 12.1 Å². The van der Waals surface area contributed by atoms with E-state index in [9.17, 15) is 4.79 Å². The molecule has 1 aromatic heterocycles. The molecule has 2 aromatic rings. The van der Waals surface area contributed by atoms with Crippen LogP contribution in [0.2, 0.25) is 0 Å². The average Bonchev–Trinajstić information content (AvgIpc) is 2.69. The van der Waals surface area contributed by atoms with Gasteiger partial charge in [-0.1, -0.05) is 0 Å². The normalized spacial score (nSPS) is 10.4. The van der Waals surface area contributed by atoms with Crippen molar-refractivity contribution in [2.75, 3.05) is 14.2 Å². The van der Waals surface area contributed by atoms with Crippen LogP contribution in [0.3, 0.4) is 0 Å². The van der Waals surface area contributed by atoms with Crippen LogP contribution in [0.1, 0.15) is 10.4 Å². The number of nitrogens with zero attached hydrogens (tertiary/aromatic N) is 1. The van der Waals surface area contributed by atoms with E-state index in [2.05, 4.69) is 32.8 Å². The van der Waals surface area contributed by atoms with Crippen LogP contribution in [0.5, 0.6) is 5.75 Å². The molecule has 1 N–H and O–H groups in total. The Morgan fingerprint density at radius 1 is 1.44 bits per heavy atom. The van der Waals surface area contributed by atoms with Crippen molar-refractivity contribution in [1.29, 1.82) is 0 Å². The van der Waals surface area contributed by atoms with Crippen molar-refractivity contribution in [2.24, 2.45) is 0 Å². The van der Waals surface area contributed by atoms with E-state index in [1.165, 1.54) is 14.2 Å². The molecule has 2 rings (SSSR count). The third-order valence-corrected chi connectivity index (χ3v) is 3.03. The Balaban J connectivity index is 2.76. The van der Waals surface area contributed by atoms with Crippen LogP contribution < -0.4 is 4.74 Å². The van der Waals surface area contributed by atoms with Gasteiger partial charge in [0.25, 0.3) is 0 Å². The van der Waals surface area contributed by atoms with E-state index in [4.69, 9.17) is 9.47 Å². The van der Waals surface area contributed by atoms with Gasteiger partial charge in [-0.25, -0.2) is 4.79 Å². The molecule has 0 aliphatic carbocycles. The quantitative estimate of drug-likeness (QED) is 0.675. The molecule has 0 radical (unpaired) electrons. The maximum absolute atomic E-state index is 11.5. The number of H-pyrrole nitrogens is 1. The molecule has 84 valence electrons. The summed E-state index contributed by atoms with van der Waals surface area (Å²) in [5.74, 6) is 0.0678. The number of esters is 1. The molecule has 6 heteroatoms. The van der Waals surface area contributed by atoms with E-state index in [1.807, 2.05) is 0 Å². The standard InChI is InChI=1S/C10H9IN2O3/c1-15-8-5(10(14)16-2)3-4-6-7(8)9(11)13-12-6/h3-4H,1-2H3,(H,12,13). The number of aromatic amines is 1. The van der Waals surface area contributed by atoms with Gasteiger partial charge < -0.3 is 9.47 Å². The first-order valence-corrected chi connectivity index (χ1v) is 5.55. The van der Waals surface area contributed by atoms with Crippen molar-refractivity contribution < 1.29 is 14.3 Å². The number of fused-ring (bicyclic) bond motifs is 1. The lowest BCUT2D eigenvalue weighted by molar-refractivity contribution is 0.0597. The molecule has 0 aliphatic heterocycles. The number of methoxy groups -OCH3 is 2. The first-order valence-electron chi connectivity index (χ1n) is 4.48. The Bertz CT molecular complexity index is 550. The smallest absolute Gasteiger partial charge is 0.341 e. The number of carbonyl (C=O) groups is 1. The molecule has 0 bridgehead atoms. The van der Waals surface area contributed by atoms with Gasteiger partial charge in [-0.3, -0.25) is 5.10 Å². The fourth-order valence-electron chi connectivity index (χ4n) is 1.53. The molecule has 16 heavy (non-hydrogen) atoms. The van der Waals surface area contributed by atoms with Gasteiger partial charge in [0.1, 0.15) is 15.0 Å². The highest BCUT2D eigenvalue weighted by molar-refractivity contribution is 14.1. The van der Waals surface area contributed by atoms with E-state index >= 15 is 0 Å². The molecular weight excluding hydrogens is 323 g/mol. The second-order valence-corrected chi connectivity index (χ2v) is 4.10. The van der Waals surface area contributed by atoms with Crippen LogP contribution in [-0.2, 0) is 4.74 Å². The fraction of sp³-hybridized carbons (Fsp3) is 0.200. The van der Waals surface area contributed by atoms with Crippen LogP contribution in [-0.4, -0.2) is 30.4 Å². The van der Waals surface area contributed by atoms with Gasteiger partial charge in [0.2, 0.25) is 0 Å². The fourth-order valence-corrected chi connectivity index (χ4v) is 2.18. The lowest BCUT2D eigenvalue weighted by atomic mass is 10.1. The maximum atomic E-state index is 11.5. The summed E-state index contributed by atoms with van der Waals surface area (Å²) in [5, 5.41) is 7.71. The lowest BCUT2D eigenvalue weighted by Gasteiger charge is -2.07. The summed E-state index contributed by atoms with van der Waals surface area (Å²) in [6, 6.07) is 3.43. The second-order valence-electron chi connectivity index (χ2n) is 3.07. The van der Waals surface area contributed by atoms with Gasteiger partial charge in [-0.2, -0.15) is 5.10 Å². The first kappa shape index (κ1) is 11.2. The minimum Gasteiger partial charge on any atom is -0.495 e. The summed E-state index contributed by atoms with van der Waals surface area (Å²) in [6.45, 7) is 0. The van der Waals surface area contributed by atoms with Crippen molar-refractivity contribution in [2.45, 2.75) is 0 Å². The summed E-state index contributed by atoms with van der Waals surface area (Å²) < 4.78 is 10.7. The largest absolute Gasteiger partial charge is 0.495 e. The van der Waals surface area contributed by atoms with Gasteiger partial charge in [-0.05, 0) is 34.7 Å². The highest BCUT2D eigenvalue weighted by Crippen LogP contribution is 2.32. The summed E-state index contributed by atoms with van der Waals surface area (Å²) in [4.78, 5) is 11.5. The first-order chi connectivity index (χ1) is 7.69. The van der Waals surface area contributed by atoms with E-state index in [0.29, 0.717) is 11.3 Å². The molecule has 1 heterocycles. The van der Waals surface area contributed by atoms with Gasteiger partial charge in [0.05, 0.1) is 25.1 Å². The minimum absolute atomic E-state index is 0.400. The highest BCUT2D eigenvalue weighted by atomic mass is 127. The number of hydrogen-bond acceptors (Lipinski definition) is 4. The monoisotopic (exact) mass is 332 g/mol. The van der Waals surface area contributed by atoms with Crippen LogP contribution in [0, 0.1) is 3.70 Å². The SMILES string of the molecule is COC(=O)c1ccc2[nH]nc(I)c2c1OC. The maximum Gasteiger partial charge on any atom is 0.341 e. The molecule has 0 saturated carbocycles. The van der Waals surface area contributed by atoms with Crippen molar-refractivity contribution in [3.05, 3.63) is 21.4 Å². The Morgan fingerprint density at radius 3 is 2.81 bits per heavy atom. The zero-order valence-electron chi connectivity index (χ0n) is 8.70. The molecule has 0 aliphatic rings. The number of nitrogens with one attached hydrogen (secondary N) is 1. The predicted octanol–water partition coefficient (Wildman–Crippen LogP) is 1.96. The summed E-state index contributed by atoms with van der Waals surface area (Å²) in [5.41, 5.74) is 1.23. The molecule has 0 amide bonds. The minimum atomic E-state index is -0.421. The summed E-state index contributed by atoms with van der Waals surface area (Å²) >= 11 is 2.08. The van der Waals surface area contributed by atoms with Crippen LogP contribution >= 0.6 is 22.6 Å². The van der Waals surface area contributed by atoms with Gasteiger partial charge >= 0.3 is 5.97 Å². The Kier molecular flexibility index (Phi) is 2.99. The van der Waals surface area contributed by atoms with Gasteiger partial charge in [-0.15, -0.1) is 0 Å². The molecule has 0 spiro atoms. The van der Waals surface area contributed by atoms with Crippen LogP contribution in [0.25, 0.3) is 10.9 Å². The lowest BCUT2D eigenvalue weighted by Crippen LogP contribution is -2.04. The zero-order valence-corrected chi connectivity index (χ0v) is 10.9. The summed E-state index contributed by atoms with van der Waals surface area (Å²) in [6.07, 6.45) is 0. The zero-order chi connectivity index (χ0) is 11.7. The van der Waals surface area contributed by atoms with E-state index in [-0.39, 0.29) is 0 Å². The van der Waals surface area contributed by atoms with E-state index < -0.39 is 5.97 Å². The Morgan fingerprint density at radius 2 is 2.19 bits per heavy atom. The van der Waals surface area contributed by atoms with Crippen LogP contribution in [0.4, 0.5) is 0 Å². The molecular formula is C10H9IN2O3. The molecule has 0 fully saturated rings. The number of hydrogen-bond donors (Lipinski definition) is 1. The van der Waals surface area contributed by atoms with Crippen LogP contribution in [0.15, 0.2) is 12.1 Å².